The molecule has 1 aromatic heterocycles. The topological polar surface area (TPSA) is 77.2 Å². The van der Waals surface area contributed by atoms with Crippen LogP contribution in [0.5, 0.6) is 5.75 Å². The van der Waals surface area contributed by atoms with Gasteiger partial charge in [0.2, 0.25) is 0 Å². The molecule has 2 aromatic rings. The van der Waals surface area contributed by atoms with Crippen LogP contribution >= 0.6 is 47.8 Å². The number of aryl methyl sites for hydroxylation is 1. The first kappa shape index (κ1) is 22.9. The summed E-state index contributed by atoms with van der Waals surface area (Å²) in [4.78, 5) is 17.1. The summed E-state index contributed by atoms with van der Waals surface area (Å²) in [7, 11) is 0. The van der Waals surface area contributed by atoms with Crippen molar-refractivity contribution >= 4 is 53.7 Å². The van der Waals surface area contributed by atoms with Crippen molar-refractivity contribution in [1.29, 1.82) is 0 Å². The third kappa shape index (κ3) is 6.45. The number of nitrogens with zero attached hydrogens (tertiary/aromatic N) is 1. The van der Waals surface area contributed by atoms with Crippen molar-refractivity contribution in [2.24, 2.45) is 5.73 Å². The highest BCUT2D eigenvalue weighted by atomic mass is 35.5. The largest absolute Gasteiger partial charge is 0.486 e. The molecule has 9 heteroatoms. The van der Waals surface area contributed by atoms with Crippen LogP contribution in [0.3, 0.4) is 0 Å². The van der Waals surface area contributed by atoms with Crippen molar-refractivity contribution in [3.05, 3.63) is 44.9 Å². The number of amides is 1. The predicted octanol–water partition coefficient (Wildman–Crippen LogP) is 3.60. The minimum Gasteiger partial charge on any atom is -0.486 e. The van der Waals surface area contributed by atoms with Crippen LogP contribution in [0.2, 0.25) is 5.02 Å². The molecule has 3 N–H and O–H groups in total. The van der Waals surface area contributed by atoms with E-state index in [1.54, 1.807) is 24.3 Å². The molecule has 0 aliphatic rings. The molecule has 0 saturated heterocycles. The summed E-state index contributed by atoms with van der Waals surface area (Å²) in [6, 6.07) is 7.04. The number of thiazole rings is 1. The van der Waals surface area contributed by atoms with Crippen LogP contribution in [0.4, 0.5) is 0 Å². The Morgan fingerprint density at radius 3 is 2.58 bits per heavy atom. The second-order valence-corrected chi connectivity index (χ2v) is 6.40. The number of ether oxygens (including phenoxy) is 1. The van der Waals surface area contributed by atoms with Gasteiger partial charge < -0.3 is 15.8 Å². The van der Waals surface area contributed by atoms with Crippen LogP contribution in [-0.2, 0) is 6.61 Å². The van der Waals surface area contributed by atoms with E-state index >= 15 is 0 Å². The molecule has 1 atom stereocenters. The Hall–Kier alpha value is -1.05. The molecule has 2 rings (SSSR count). The zero-order chi connectivity index (χ0) is 16.1. The van der Waals surface area contributed by atoms with Gasteiger partial charge in [-0.25, -0.2) is 4.98 Å². The number of carbonyl (C=O) groups is 1. The molecule has 1 amide bonds. The number of benzene rings is 1. The number of rotatable bonds is 6. The fourth-order valence-corrected chi connectivity index (χ4v) is 2.76. The van der Waals surface area contributed by atoms with Gasteiger partial charge in [0.1, 0.15) is 22.2 Å². The Balaban J connectivity index is 0.00000264. The molecule has 24 heavy (non-hydrogen) atoms. The molecular formula is C15H20Cl3N3O2S. The molecule has 0 unspecified atom stereocenters. The molecule has 5 nitrogen and oxygen atoms in total. The SMILES string of the molecule is Cc1nc(COc2ccc(Cl)cc2)sc1C(=O)N[C@@H](C)CN.Cl.Cl. The number of nitrogens with one attached hydrogen (secondary N) is 1. The van der Waals surface area contributed by atoms with Crippen LogP contribution in [-0.4, -0.2) is 23.5 Å². The van der Waals surface area contributed by atoms with E-state index in [4.69, 9.17) is 22.1 Å². The standard InChI is InChI=1S/C15H18ClN3O2S.2ClH/c1-9(7-17)18-15(20)14-10(2)19-13(22-14)8-21-12-5-3-11(16)4-6-12;;/h3-6,9H,7-8,17H2,1-2H3,(H,18,20);2*1H/t9-;;/m0../s1. The Kier molecular flexibility index (Phi) is 10.3. The van der Waals surface area contributed by atoms with E-state index in [0.717, 1.165) is 5.01 Å². The smallest absolute Gasteiger partial charge is 0.263 e. The van der Waals surface area contributed by atoms with Crippen LogP contribution in [0.25, 0.3) is 0 Å². The molecule has 0 aliphatic heterocycles. The van der Waals surface area contributed by atoms with Crippen LogP contribution in [0, 0.1) is 6.92 Å². The Labute approximate surface area is 162 Å². The lowest BCUT2D eigenvalue weighted by Crippen LogP contribution is -2.37. The van der Waals surface area contributed by atoms with E-state index < -0.39 is 0 Å². The summed E-state index contributed by atoms with van der Waals surface area (Å²) < 4.78 is 5.63. The lowest BCUT2D eigenvalue weighted by atomic mass is 10.3. The monoisotopic (exact) mass is 411 g/mol. The van der Waals surface area contributed by atoms with E-state index in [1.165, 1.54) is 11.3 Å². The van der Waals surface area contributed by atoms with Gasteiger partial charge in [-0.2, -0.15) is 0 Å². The first-order valence-corrected chi connectivity index (χ1v) is 8.04. The summed E-state index contributed by atoms with van der Waals surface area (Å²) in [5, 5.41) is 4.24. The first-order valence-electron chi connectivity index (χ1n) is 6.85. The highest BCUT2D eigenvalue weighted by Gasteiger charge is 2.16. The van der Waals surface area contributed by atoms with Crippen molar-refractivity contribution in [2.75, 3.05) is 6.54 Å². The molecule has 0 bridgehead atoms. The normalized spacial score (nSPS) is 11.0. The zero-order valence-electron chi connectivity index (χ0n) is 13.2. The molecule has 1 heterocycles. The zero-order valence-corrected chi connectivity index (χ0v) is 16.5. The molecule has 0 spiro atoms. The van der Waals surface area contributed by atoms with Gasteiger partial charge in [0.25, 0.3) is 5.91 Å². The molecule has 0 aliphatic carbocycles. The fourth-order valence-electron chi connectivity index (χ4n) is 1.75. The maximum absolute atomic E-state index is 12.1. The average Bonchev–Trinajstić information content (AvgIpc) is 2.87. The van der Waals surface area contributed by atoms with Crippen LogP contribution < -0.4 is 15.8 Å². The maximum atomic E-state index is 12.1. The second-order valence-electron chi connectivity index (χ2n) is 4.87. The summed E-state index contributed by atoms with van der Waals surface area (Å²) in [5.41, 5.74) is 6.20. The number of hydrogen-bond acceptors (Lipinski definition) is 5. The third-order valence-corrected chi connectivity index (χ3v) is 4.34. The Morgan fingerprint density at radius 2 is 2.00 bits per heavy atom. The second kappa shape index (κ2) is 10.7. The van der Waals surface area contributed by atoms with Gasteiger partial charge in [-0.1, -0.05) is 11.6 Å². The quantitative estimate of drug-likeness (QED) is 0.760. The van der Waals surface area contributed by atoms with Gasteiger partial charge in [-0.05, 0) is 38.1 Å². The van der Waals surface area contributed by atoms with Crippen molar-refractivity contribution in [2.45, 2.75) is 26.5 Å². The summed E-state index contributed by atoms with van der Waals surface area (Å²) >= 11 is 7.15. The van der Waals surface area contributed by atoms with Crippen molar-refractivity contribution in [3.8, 4) is 5.75 Å². The van der Waals surface area contributed by atoms with Gasteiger partial charge in [-0.3, -0.25) is 4.79 Å². The van der Waals surface area contributed by atoms with E-state index in [0.29, 0.717) is 34.5 Å². The Bertz CT molecular complexity index is 650. The predicted molar refractivity (Wildman–Crippen MR) is 103 cm³/mol. The van der Waals surface area contributed by atoms with Crippen LogP contribution in [0.1, 0.15) is 27.3 Å². The lowest BCUT2D eigenvalue weighted by molar-refractivity contribution is 0.0944. The molecule has 0 fully saturated rings. The van der Waals surface area contributed by atoms with Gasteiger partial charge in [0, 0.05) is 17.6 Å². The summed E-state index contributed by atoms with van der Waals surface area (Å²) in [5.74, 6) is 0.561. The lowest BCUT2D eigenvalue weighted by Gasteiger charge is -2.09. The number of carbonyl (C=O) groups excluding carboxylic acids is 1. The van der Waals surface area contributed by atoms with E-state index in [2.05, 4.69) is 10.3 Å². The average molecular weight is 413 g/mol. The van der Waals surface area contributed by atoms with Crippen molar-refractivity contribution < 1.29 is 9.53 Å². The fraction of sp³-hybridized carbons (Fsp3) is 0.333. The number of halogens is 3. The minimum atomic E-state index is -0.148. The van der Waals surface area contributed by atoms with E-state index in [1.807, 2.05) is 13.8 Å². The molecule has 0 saturated carbocycles. The minimum absolute atomic E-state index is 0. The van der Waals surface area contributed by atoms with Crippen LogP contribution in [0.15, 0.2) is 24.3 Å². The third-order valence-electron chi connectivity index (χ3n) is 2.95. The highest BCUT2D eigenvalue weighted by molar-refractivity contribution is 7.13. The van der Waals surface area contributed by atoms with E-state index in [-0.39, 0.29) is 36.8 Å². The summed E-state index contributed by atoms with van der Waals surface area (Å²) in [6.45, 7) is 4.38. The number of hydrogen-bond donors (Lipinski definition) is 2. The van der Waals surface area contributed by atoms with Crippen molar-refractivity contribution in [1.82, 2.24) is 10.3 Å². The van der Waals surface area contributed by atoms with Gasteiger partial charge in [0.15, 0.2) is 0 Å². The van der Waals surface area contributed by atoms with Gasteiger partial charge in [0.05, 0.1) is 5.69 Å². The highest BCUT2D eigenvalue weighted by Crippen LogP contribution is 2.21. The van der Waals surface area contributed by atoms with Gasteiger partial charge >= 0.3 is 0 Å². The number of nitrogens with two attached hydrogens (primary N) is 1. The van der Waals surface area contributed by atoms with Gasteiger partial charge in [-0.15, -0.1) is 36.2 Å². The maximum Gasteiger partial charge on any atom is 0.263 e. The first-order chi connectivity index (χ1) is 10.5. The molecular weight excluding hydrogens is 393 g/mol. The molecule has 134 valence electrons. The van der Waals surface area contributed by atoms with Crippen molar-refractivity contribution in [3.63, 3.8) is 0 Å². The van der Waals surface area contributed by atoms with E-state index in [9.17, 15) is 4.79 Å². The molecule has 1 aromatic carbocycles. The number of aromatic nitrogens is 1. The summed E-state index contributed by atoms with van der Waals surface area (Å²) in [6.07, 6.45) is 0. The molecule has 0 radical (unpaired) electrons. The Morgan fingerprint density at radius 1 is 1.38 bits per heavy atom.